The molecule has 258 valence electrons. The molecule has 0 bridgehead atoms. The molecule has 0 aliphatic carbocycles. The van der Waals surface area contributed by atoms with E-state index in [2.05, 4.69) is 226 Å². The molecule has 0 unspecified atom stereocenters. The zero-order valence-electron chi connectivity index (χ0n) is 30.0. The zero-order chi connectivity index (χ0) is 36.3. The van der Waals surface area contributed by atoms with Gasteiger partial charge in [0, 0.05) is 50.2 Å². The minimum atomic E-state index is 1.12. The van der Waals surface area contributed by atoms with Gasteiger partial charge in [0.15, 0.2) is 0 Å². The van der Waals surface area contributed by atoms with E-state index in [0.29, 0.717) is 0 Å². The third-order valence-corrected chi connectivity index (χ3v) is 11.1. The van der Waals surface area contributed by atoms with E-state index in [1.165, 1.54) is 71.1 Å². The van der Waals surface area contributed by atoms with Crippen molar-refractivity contribution in [2.24, 2.45) is 0 Å². The van der Waals surface area contributed by atoms with Crippen molar-refractivity contribution in [3.05, 3.63) is 212 Å². The Kier molecular flexibility index (Phi) is 7.17. The Morgan fingerprint density at radius 1 is 0.345 bits per heavy atom. The molecular weight excluding hydrogens is 667 g/mol. The van der Waals surface area contributed by atoms with E-state index in [1.54, 1.807) is 0 Å². The maximum Gasteiger partial charge on any atom is 0.0628 e. The normalized spacial score (nSPS) is 11.6. The van der Waals surface area contributed by atoms with Crippen molar-refractivity contribution in [1.82, 2.24) is 9.13 Å². The van der Waals surface area contributed by atoms with Gasteiger partial charge in [-0.2, -0.15) is 0 Å². The molecule has 9 aromatic carbocycles. The number of fused-ring (bicyclic) bond motifs is 7. The Bertz CT molecular complexity index is 3100. The number of para-hydroxylation sites is 2. The predicted octanol–water partition coefficient (Wildman–Crippen LogP) is 14.2. The average Bonchev–Trinajstić information content (AvgIpc) is 3.84. The van der Waals surface area contributed by atoms with Gasteiger partial charge in [-0.15, -0.1) is 0 Å². The van der Waals surface area contributed by atoms with Crippen LogP contribution in [0.5, 0.6) is 0 Å². The second-order valence-corrected chi connectivity index (χ2v) is 14.2. The molecule has 11 aromatic rings. The summed E-state index contributed by atoms with van der Waals surface area (Å²) in [6.07, 6.45) is 2.21. The van der Waals surface area contributed by atoms with Crippen LogP contribution < -0.4 is 4.90 Å². The summed E-state index contributed by atoms with van der Waals surface area (Å²) in [6.45, 7) is 0. The van der Waals surface area contributed by atoms with E-state index in [4.69, 9.17) is 0 Å². The van der Waals surface area contributed by atoms with E-state index >= 15 is 0 Å². The van der Waals surface area contributed by atoms with E-state index < -0.39 is 0 Å². The lowest BCUT2D eigenvalue weighted by Gasteiger charge is -2.28. The van der Waals surface area contributed by atoms with Gasteiger partial charge in [-0.25, -0.2) is 0 Å². The van der Waals surface area contributed by atoms with Gasteiger partial charge < -0.3 is 14.0 Å². The summed E-state index contributed by atoms with van der Waals surface area (Å²) in [5.74, 6) is 0. The molecule has 0 radical (unpaired) electrons. The van der Waals surface area contributed by atoms with Crippen LogP contribution >= 0.6 is 0 Å². The smallest absolute Gasteiger partial charge is 0.0628 e. The summed E-state index contributed by atoms with van der Waals surface area (Å²) >= 11 is 0. The van der Waals surface area contributed by atoms with Crippen LogP contribution in [-0.4, -0.2) is 9.13 Å². The van der Waals surface area contributed by atoms with Crippen LogP contribution in [0.25, 0.3) is 76.8 Å². The predicted molar refractivity (Wildman–Crippen MR) is 233 cm³/mol. The van der Waals surface area contributed by atoms with Gasteiger partial charge in [0.2, 0.25) is 0 Å². The number of hydrogen-bond donors (Lipinski definition) is 0. The first kappa shape index (κ1) is 31.2. The lowest BCUT2D eigenvalue weighted by atomic mass is 10.0. The van der Waals surface area contributed by atoms with Crippen LogP contribution in [0, 0.1) is 0 Å². The van der Waals surface area contributed by atoms with E-state index in [9.17, 15) is 0 Å². The number of anilines is 3. The van der Waals surface area contributed by atoms with Crippen molar-refractivity contribution >= 4 is 71.3 Å². The molecule has 0 spiro atoms. The van der Waals surface area contributed by atoms with E-state index in [1.807, 2.05) is 0 Å². The Morgan fingerprint density at radius 3 is 1.58 bits per heavy atom. The first-order chi connectivity index (χ1) is 27.3. The van der Waals surface area contributed by atoms with E-state index in [-0.39, 0.29) is 0 Å². The lowest BCUT2D eigenvalue weighted by molar-refractivity contribution is 1.13. The third kappa shape index (κ3) is 5.05. The van der Waals surface area contributed by atoms with Gasteiger partial charge in [0.1, 0.15) is 0 Å². The molecule has 2 aromatic heterocycles. The summed E-state index contributed by atoms with van der Waals surface area (Å²) in [5, 5.41) is 8.63. The molecule has 0 aliphatic rings. The molecule has 11 rings (SSSR count). The van der Waals surface area contributed by atoms with Crippen molar-refractivity contribution in [1.29, 1.82) is 0 Å². The highest BCUT2D eigenvalue weighted by atomic mass is 15.1. The molecule has 0 saturated carbocycles. The number of aromatic nitrogens is 2. The molecule has 0 fully saturated rings. The molecule has 0 amide bonds. The first-order valence-electron chi connectivity index (χ1n) is 18.9. The van der Waals surface area contributed by atoms with Gasteiger partial charge in [0.05, 0.1) is 27.9 Å². The highest BCUT2D eigenvalue weighted by Crippen LogP contribution is 2.43. The fraction of sp³-hybridized carbons (Fsp3) is 0. The Hall–Kier alpha value is -7.36. The molecule has 0 aliphatic heterocycles. The molecular formula is C52H35N3. The van der Waals surface area contributed by atoms with Crippen LogP contribution in [0.2, 0.25) is 0 Å². The van der Waals surface area contributed by atoms with Crippen molar-refractivity contribution in [2.45, 2.75) is 0 Å². The average molecular weight is 702 g/mol. The topological polar surface area (TPSA) is 13.1 Å². The van der Waals surface area contributed by atoms with Gasteiger partial charge in [-0.3, -0.25) is 0 Å². The minimum absolute atomic E-state index is 1.12. The van der Waals surface area contributed by atoms with Crippen LogP contribution in [0.4, 0.5) is 17.1 Å². The van der Waals surface area contributed by atoms with Gasteiger partial charge in [-0.05, 0) is 88.6 Å². The second-order valence-electron chi connectivity index (χ2n) is 14.2. The van der Waals surface area contributed by atoms with Crippen molar-refractivity contribution < 1.29 is 0 Å². The van der Waals surface area contributed by atoms with Crippen molar-refractivity contribution in [3.63, 3.8) is 0 Å². The Labute approximate surface area is 319 Å². The van der Waals surface area contributed by atoms with Crippen LogP contribution in [0.3, 0.4) is 0 Å². The largest absolute Gasteiger partial charge is 0.316 e. The first-order valence-corrected chi connectivity index (χ1v) is 18.9. The Balaban J connectivity index is 0.995. The second kappa shape index (κ2) is 12.6. The molecule has 2 heterocycles. The molecule has 0 saturated heterocycles. The van der Waals surface area contributed by atoms with Crippen molar-refractivity contribution in [3.8, 4) is 22.5 Å². The quantitative estimate of drug-likeness (QED) is 0.168. The lowest BCUT2D eigenvalue weighted by Crippen LogP contribution is -2.11. The monoisotopic (exact) mass is 701 g/mol. The minimum Gasteiger partial charge on any atom is -0.316 e. The molecule has 55 heavy (non-hydrogen) atoms. The highest BCUT2D eigenvalue weighted by molar-refractivity contribution is 6.20. The summed E-state index contributed by atoms with van der Waals surface area (Å²) < 4.78 is 4.73. The maximum absolute atomic E-state index is 2.41. The van der Waals surface area contributed by atoms with Crippen LogP contribution in [-0.2, 0) is 0 Å². The maximum atomic E-state index is 2.41. The van der Waals surface area contributed by atoms with Gasteiger partial charge >= 0.3 is 0 Å². The number of hydrogen-bond acceptors (Lipinski definition) is 1. The molecule has 3 heteroatoms. The van der Waals surface area contributed by atoms with Crippen molar-refractivity contribution in [2.75, 3.05) is 4.90 Å². The van der Waals surface area contributed by atoms with E-state index in [0.717, 1.165) is 22.7 Å². The summed E-state index contributed by atoms with van der Waals surface area (Å²) in [5.41, 5.74) is 11.7. The molecule has 0 atom stereocenters. The molecule has 0 N–H and O–H groups in total. The van der Waals surface area contributed by atoms with Gasteiger partial charge in [0.25, 0.3) is 0 Å². The fourth-order valence-corrected chi connectivity index (χ4v) is 8.58. The zero-order valence-corrected chi connectivity index (χ0v) is 30.0. The number of rotatable bonds is 6. The standard InChI is InChI=1S/C52H35N3/c1-2-16-42(17-3-1)55-49-21-9-8-20-46(49)51-50(55)33-28-40-34-35-53(52(40)51)41-29-24-36(25-30-41)37-26-31-43(32-27-37)54(47-22-10-14-38-12-4-6-18-44(38)47)48-23-11-15-39-13-5-7-19-45(39)48/h1-35H. The number of benzene rings is 9. The summed E-state index contributed by atoms with van der Waals surface area (Å²) in [7, 11) is 0. The van der Waals surface area contributed by atoms with Gasteiger partial charge in [-0.1, -0.05) is 140 Å². The third-order valence-electron chi connectivity index (χ3n) is 11.1. The Morgan fingerprint density at radius 2 is 0.909 bits per heavy atom. The highest BCUT2D eigenvalue weighted by Gasteiger charge is 2.19. The van der Waals surface area contributed by atoms with Crippen LogP contribution in [0.1, 0.15) is 0 Å². The SMILES string of the molecule is c1ccc(-n2c3ccccc3c3c4c(ccc32)ccn4-c2ccc(-c3ccc(N(c4cccc5ccccc45)c4cccc5ccccc45)cc3)cc2)cc1. The summed E-state index contributed by atoms with van der Waals surface area (Å²) in [4.78, 5) is 2.41. The molecule has 3 nitrogen and oxygen atoms in total. The van der Waals surface area contributed by atoms with Crippen LogP contribution in [0.15, 0.2) is 212 Å². The fourth-order valence-electron chi connectivity index (χ4n) is 8.58. The number of nitrogens with zero attached hydrogens (tertiary/aromatic N) is 3. The summed E-state index contributed by atoms with van der Waals surface area (Å²) in [6, 6.07) is 74.6.